The molecule has 144 valence electrons. The Morgan fingerprint density at radius 2 is 1.81 bits per heavy atom. The fourth-order valence-corrected chi connectivity index (χ4v) is 3.72. The molecule has 1 fully saturated rings. The van der Waals surface area contributed by atoms with Crippen molar-refractivity contribution in [2.45, 2.75) is 83.0 Å². The molecule has 0 aliphatic heterocycles. The lowest BCUT2D eigenvalue weighted by atomic mass is 9.95. The normalized spacial score (nSPS) is 16.2. The Labute approximate surface area is 159 Å². The van der Waals surface area contributed by atoms with Gasteiger partial charge in [-0.25, -0.2) is 9.97 Å². The van der Waals surface area contributed by atoms with Crippen molar-refractivity contribution in [3.05, 3.63) is 17.0 Å². The molecular formula is C19H29N3O3S. The van der Waals surface area contributed by atoms with E-state index in [2.05, 4.69) is 15.3 Å². The van der Waals surface area contributed by atoms with Crippen LogP contribution in [-0.2, 0) is 20.7 Å². The fraction of sp³-hybridized carbons (Fsp3) is 0.684. The summed E-state index contributed by atoms with van der Waals surface area (Å²) in [6, 6.07) is 0.217. The summed E-state index contributed by atoms with van der Waals surface area (Å²) in [7, 11) is 0. The number of amides is 1. The number of esters is 1. The Morgan fingerprint density at radius 1 is 1.19 bits per heavy atom. The maximum atomic E-state index is 12.2. The van der Waals surface area contributed by atoms with Gasteiger partial charge < -0.3 is 10.1 Å². The predicted molar refractivity (Wildman–Crippen MR) is 102 cm³/mol. The van der Waals surface area contributed by atoms with Gasteiger partial charge in [0.15, 0.2) is 11.3 Å². The number of hydrogen-bond donors (Lipinski definition) is 1. The number of aromatic nitrogens is 2. The van der Waals surface area contributed by atoms with Crippen LogP contribution in [0.3, 0.4) is 0 Å². The standard InChI is InChI=1S/C19H29N3O3S/c1-12-16(13(2)21-19(20-12)26-4)10-11-17(23)25-14(3)18(24)22-15-8-6-5-7-9-15/h14-15H,5-11H2,1-4H3,(H,22,24). The van der Waals surface area contributed by atoms with E-state index in [-0.39, 0.29) is 24.3 Å². The highest BCUT2D eigenvalue weighted by Gasteiger charge is 2.22. The SMILES string of the molecule is CSc1nc(C)c(CCC(=O)OC(C)C(=O)NC2CCCCC2)c(C)n1. The molecule has 0 radical (unpaired) electrons. The van der Waals surface area contributed by atoms with Crippen molar-refractivity contribution in [3.63, 3.8) is 0 Å². The topological polar surface area (TPSA) is 81.2 Å². The van der Waals surface area contributed by atoms with Gasteiger partial charge in [0.05, 0.1) is 0 Å². The van der Waals surface area contributed by atoms with E-state index >= 15 is 0 Å². The molecule has 0 spiro atoms. The summed E-state index contributed by atoms with van der Waals surface area (Å²) < 4.78 is 5.30. The number of hydrogen-bond acceptors (Lipinski definition) is 6. The number of rotatable bonds is 7. The van der Waals surface area contributed by atoms with Crippen molar-refractivity contribution < 1.29 is 14.3 Å². The minimum atomic E-state index is -0.762. The van der Waals surface area contributed by atoms with Gasteiger partial charge in [0.2, 0.25) is 0 Å². The molecule has 1 heterocycles. The molecule has 0 saturated heterocycles. The summed E-state index contributed by atoms with van der Waals surface area (Å²) in [4.78, 5) is 33.2. The second kappa shape index (κ2) is 9.90. The number of aryl methyl sites for hydroxylation is 2. The van der Waals surface area contributed by atoms with Crippen molar-refractivity contribution in [1.29, 1.82) is 0 Å². The average molecular weight is 380 g/mol. The van der Waals surface area contributed by atoms with E-state index in [1.807, 2.05) is 20.1 Å². The molecule has 1 atom stereocenters. The van der Waals surface area contributed by atoms with E-state index in [0.717, 1.165) is 47.8 Å². The largest absolute Gasteiger partial charge is 0.453 e. The van der Waals surface area contributed by atoms with E-state index in [1.54, 1.807) is 6.92 Å². The lowest BCUT2D eigenvalue weighted by molar-refractivity contribution is -0.155. The van der Waals surface area contributed by atoms with Crippen LogP contribution in [0.25, 0.3) is 0 Å². The van der Waals surface area contributed by atoms with Gasteiger partial charge in [0.25, 0.3) is 5.91 Å². The van der Waals surface area contributed by atoms with Crippen LogP contribution < -0.4 is 5.32 Å². The maximum Gasteiger partial charge on any atom is 0.306 e. The summed E-state index contributed by atoms with van der Waals surface area (Å²) >= 11 is 1.50. The van der Waals surface area contributed by atoms with Crippen molar-refractivity contribution in [2.75, 3.05) is 6.26 Å². The molecule has 0 bridgehead atoms. The average Bonchev–Trinajstić information content (AvgIpc) is 2.61. The van der Waals surface area contributed by atoms with Crippen LogP contribution in [0.5, 0.6) is 0 Å². The molecule has 1 saturated carbocycles. The number of ether oxygens (including phenoxy) is 1. The Hall–Kier alpha value is -1.63. The number of carbonyl (C=O) groups is 2. The van der Waals surface area contributed by atoms with Gasteiger partial charge in [0, 0.05) is 23.9 Å². The first-order valence-corrected chi connectivity index (χ1v) is 10.5. The first kappa shape index (κ1) is 20.7. The molecule has 1 aromatic heterocycles. The highest BCUT2D eigenvalue weighted by molar-refractivity contribution is 7.98. The highest BCUT2D eigenvalue weighted by atomic mass is 32.2. The van der Waals surface area contributed by atoms with Crippen LogP contribution in [0.1, 0.15) is 62.4 Å². The third kappa shape index (κ3) is 5.97. The van der Waals surface area contributed by atoms with Gasteiger partial charge in [-0.05, 0) is 51.9 Å². The Kier molecular flexibility index (Phi) is 7.87. The molecule has 1 unspecified atom stereocenters. The van der Waals surface area contributed by atoms with Gasteiger partial charge in [0.1, 0.15) is 0 Å². The van der Waals surface area contributed by atoms with Crippen LogP contribution in [-0.4, -0.2) is 40.2 Å². The minimum absolute atomic E-state index is 0.203. The Balaban J connectivity index is 1.81. The van der Waals surface area contributed by atoms with Gasteiger partial charge in [-0.3, -0.25) is 9.59 Å². The second-order valence-corrected chi connectivity index (χ2v) is 7.61. The number of nitrogens with zero attached hydrogens (tertiary/aromatic N) is 2. The summed E-state index contributed by atoms with van der Waals surface area (Å²) in [5.74, 6) is -0.575. The minimum Gasteiger partial charge on any atom is -0.453 e. The monoisotopic (exact) mass is 379 g/mol. The van der Waals surface area contributed by atoms with Crippen LogP contribution >= 0.6 is 11.8 Å². The molecule has 1 aliphatic carbocycles. The lowest BCUT2D eigenvalue weighted by Crippen LogP contribution is -2.42. The fourth-order valence-electron chi connectivity index (χ4n) is 3.26. The zero-order valence-electron chi connectivity index (χ0n) is 16.1. The third-order valence-electron chi connectivity index (χ3n) is 4.79. The quantitative estimate of drug-likeness (QED) is 0.445. The zero-order chi connectivity index (χ0) is 19.1. The van der Waals surface area contributed by atoms with Crippen LogP contribution in [0.4, 0.5) is 0 Å². The van der Waals surface area contributed by atoms with Gasteiger partial charge >= 0.3 is 5.97 Å². The molecule has 1 N–H and O–H groups in total. The predicted octanol–water partition coefficient (Wildman–Crippen LogP) is 3.13. The van der Waals surface area contributed by atoms with Crippen LogP contribution in [0.15, 0.2) is 5.16 Å². The van der Waals surface area contributed by atoms with Crippen LogP contribution in [0.2, 0.25) is 0 Å². The van der Waals surface area contributed by atoms with Crippen molar-refractivity contribution in [2.24, 2.45) is 0 Å². The van der Waals surface area contributed by atoms with E-state index in [1.165, 1.54) is 18.2 Å². The lowest BCUT2D eigenvalue weighted by Gasteiger charge is -2.24. The highest BCUT2D eigenvalue weighted by Crippen LogP contribution is 2.18. The Morgan fingerprint density at radius 3 is 2.38 bits per heavy atom. The molecule has 1 aliphatic rings. The molecule has 1 aromatic rings. The second-order valence-electron chi connectivity index (χ2n) is 6.84. The van der Waals surface area contributed by atoms with Crippen LogP contribution in [0, 0.1) is 13.8 Å². The number of thioether (sulfide) groups is 1. The van der Waals surface area contributed by atoms with Gasteiger partial charge in [-0.1, -0.05) is 31.0 Å². The van der Waals surface area contributed by atoms with Crippen molar-refractivity contribution in [3.8, 4) is 0 Å². The maximum absolute atomic E-state index is 12.2. The smallest absolute Gasteiger partial charge is 0.306 e. The van der Waals surface area contributed by atoms with Gasteiger partial charge in [-0.2, -0.15) is 0 Å². The summed E-state index contributed by atoms with van der Waals surface area (Å²) in [6.45, 7) is 5.48. The third-order valence-corrected chi connectivity index (χ3v) is 5.34. The number of nitrogens with one attached hydrogen (secondary N) is 1. The van der Waals surface area contributed by atoms with E-state index < -0.39 is 6.10 Å². The van der Waals surface area contributed by atoms with Crippen molar-refractivity contribution in [1.82, 2.24) is 15.3 Å². The van der Waals surface area contributed by atoms with Gasteiger partial charge in [-0.15, -0.1) is 0 Å². The zero-order valence-corrected chi connectivity index (χ0v) is 16.9. The first-order chi connectivity index (χ1) is 12.4. The molecule has 0 aromatic carbocycles. The van der Waals surface area contributed by atoms with E-state index in [9.17, 15) is 9.59 Å². The summed E-state index contributed by atoms with van der Waals surface area (Å²) in [5.41, 5.74) is 2.74. The molecule has 6 nitrogen and oxygen atoms in total. The van der Waals surface area contributed by atoms with Crippen molar-refractivity contribution >= 4 is 23.6 Å². The first-order valence-electron chi connectivity index (χ1n) is 9.28. The molecular weight excluding hydrogens is 350 g/mol. The van der Waals surface area contributed by atoms with E-state index in [0.29, 0.717) is 6.42 Å². The summed E-state index contributed by atoms with van der Waals surface area (Å²) in [5, 5.41) is 3.73. The number of carbonyl (C=O) groups excluding carboxylic acids is 2. The molecule has 7 heteroatoms. The Bertz CT molecular complexity index is 622. The van der Waals surface area contributed by atoms with E-state index in [4.69, 9.17) is 4.74 Å². The molecule has 26 heavy (non-hydrogen) atoms. The molecule has 2 rings (SSSR count). The summed E-state index contributed by atoms with van der Waals surface area (Å²) in [6.07, 6.45) is 7.45. The molecule has 1 amide bonds.